The Labute approximate surface area is 179 Å². The Bertz CT molecular complexity index is 1080. The van der Waals surface area contributed by atoms with Gasteiger partial charge in [0, 0.05) is 54.9 Å². The number of fused-ring (bicyclic) bond motifs is 1. The van der Waals surface area contributed by atoms with Crippen LogP contribution in [0.5, 0.6) is 0 Å². The number of piperazine rings is 1. The largest absolute Gasteiger partial charge is 0.353 e. The lowest BCUT2D eigenvalue weighted by Gasteiger charge is -2.35. The summed E-state index contributed by atoms with van der Waals surface area (Å²) in [6, 6.07) is 2.00. The Hall–Kier alpha value is -2.75. The molecule has 3 aromatic heterocycles. The minimum absolute atomic E-state index is 0.113. The van der Waals surface area contributed by atoms with Crippen molar-refractivity contribution in [2.75, 3.05) is 37.3 Å². The molecule has 0 spiro atoms. The van der Waals surface area contributed by atoms with Crippen LogP contribution >= 0.6 is 11.8 Å². The third-order valence-corrected chi connectivity index (χ3v) is 5.99. The Kier molecular flexibility index (Phi) is 5.59. The first-order chi connectivity index (χ1) is 14.4. The molecule has 10 heteroatoms. The lowest BCUT2D eigenvalue weighted by Crippen LogP contribution is -2.49. The lowest BCUT2D eigenvalue weighted by molar-refractivity contribution is -0.130. The normalized spacial score (nSPS) is 14.6. The number of hydrogen-bond donors (Lipinski definition) is 0. The summed E-state index contributed by atoms with van der Waals surface area (Å²) in [5.74, 6) is 2.40. The van der Waals surface area contributed by atoms with E-state index in [0.717, 1.165) is 47.4 Å². The van der Waals surface area contributed by atoms with E-state index in [4.69, 9.17) is 0 Å². The Morgan fingerprint density at radius 3 is 2.43 bits per heavy atom. The summed E-state index contributed by atoms with van der Waals surface area (Å²) in [6.45, 7) is 10.7. The lowest BCUT2D eigenvalue weighted by atomic mass is 10.1. The van der Waals surface area contributed by atoms with Crippen LogP contribution in [0.3, 0.4) is 0 Å². The molecule has 4 heterocycles. The van der Waals surface area contributed by atoms with Crippen molar-refractivity contribution in [1.82, 2.24) is 34.4 Å². The molecule has 1 aliphatic heterocycles. The standard InChI is InChI=1S/C20H26N8OS/c1-12-10-17(23-15(4)21-12)26-6-8-27(9-7-26)18(29)11-16-13(2)22-19-24-20(30-5)25-28(19)14(16)3/h10H,6-9,11H2,1-5H3. The fraction of sp³-hybridized carbons (Fsp3) is 0.500. The number of aryl methyl sites for hydroxylation is 4. The van der Waals surface area contributed by atoms with Crippen LogP contribution in [0.1, 0.15) is 28.5 Å². The highest BCUT2D eigenvalue weighted by atomic mass is 32.2. The number of rotatable bonds is 4. The van der Waals surface area contributed by atoms with E-state index in [1.807, 2.05) is 44.9 Å². The summed E-state index contributed by atoms with van der Waals surface area (Å²) >= 11 is 1.48. The van der Waals surface area contributed by atoms with Gasteiger partial charge >= 0.3 is 0 Å². The van der Waals surface area contributed by atoms with E-state index < -0.39 is 0 Å². The molecular formula is C20H26N8OS. The summed E-state index contributed by atoms with van der Waals surface area (Å²) in [5.41, 5.74) is 3.64. The number of carbonyl (C=O) groups excluding carboxylic acids is 1. The van der Waals surface area contributed by atoms with Gasteiger partial charge < -0.3 is 9.80 Å². The molecule has 0 aromatic carbocycles. The van der Waals surface area contributed by atoms with Crippen molar-refractivity contribution in [3.8, 4) is 0 Å². The van der Waals surface area contributed by atoms with Crippen LogP contribution in [0.2, 0.25) is 0 Å². The van der Waals surface area contributed by atoms with E-state index in [1.165, 1.54) is 11.8 Å². The Morgan fingerprint density at radius 2 is 1.77 bits per heavy atom. The van der Waals surface area contributed by atoms with Crippen molar-refractivity contribution >= 4 is 29.3 Å². The minimum Gasteiger partial charge on any atom is -0.353 e. The molecule has 0 bridgehead atoms. The van der Waals surface area contributed by atoms with Gasteiger partial charge in [0.1, 0.15) is 11.6 Å². The van der Waals surface area contributed by atoms with Gasteiger partial charge in [-0.05, 0) is 34.0 Å². The Morgan fingerprint density at radius 1 is 1.03 bits per heavy atom. The average Bonchev–Trinajstić information content (AvgIpc) is 3.13. The first kappa shape index (κ1) is 20.5. The van der Waals surface area contributed by atoms with E-state index in [2.05, 4.69) is 29.9 Å². The second-order valence-electron chi connectivity index (χ2n) is 7.53. The van der Waals surface area contributed by atoms with Gasteiger partial charge in [0.05, 0.1) is 6.42 Å². The number of hydrogen-bond acceptors (Lipinski definition) is 8. The van der Waals surface area contributed by atoms with Crippen LogP contribution in [0, 0.1) is 27.7 Å². The number of carbonyl (C=O) groups is 1. The molecule has 0 saturated carbocycles. The van der Waals surface area contributed by atoms with Gasteiger partial charge in [-0.15, -0.1) is 5.10 Å². The SMILES string of the molecule is CSc1nc2nc(C)c(CC(=O)N3CCN(c4cc(C)nc(C)n4)CC3)c(C)n2n1. The van der Waals surface area contributed by atoms with E-state index in [9.17, 15) is 4.79 Å². The molecule has 9 nitrogen and oxygen atoms in total. The van der Waals surface area contributed by atoms with Crippen LogP contribution in [0.4, 0.5) is 5.82 Å². The average molecular weight is 427 g/mol. The first-order valence-corrected chi connectivity index (χ1v) is 11.2. The van der Waals surface area contributed by atoms with Crippen LogP contribution in [-0.2, 0) is 11.2 Å². The number of thioether (sulfide) groups is 1. The van der Waals surface area contributed by atoms with Crippen molar-refractivity contribution in [3.63, 3.8) is 0 Å². The summed E-state index contributed by atoms with van der Waals surface area (Å²) in [4.78, 5) is 35.0. The quantitative estimate of drug-likeness (QED) is 0.583. The fourth-order valence-electron chi connectivity index (χ4n) is 3.84. The zero-order valence-electron chi connectivity index (χ0n) is 18.0. The van der Waals surface area contributed by atoms with Gasteiger partial charge in [0.25, 0.3) is 5.78 Å². The molecular weight excluding hydrogens is 400 g/mol. The van der Waals surface area contributed by atoms with Gasteiger partial charge in [-0.1, -0.05) is 11.8 Å². The number of aromatic nitrogens is 6. The van der Waals surface area contributed by atoms with E-state index >= 15 is 0 Å². The maximum absolute atomic E-state index is 13.0. The fourth-order valence-corrected chi connectivity index (χ4v) is 4.18. The third-order valence-electron chi connectivity index (χ3n) is 5.45. The third kappa shape index (κ3) is 3.96. The zero-order valence-corrected chi connectivity index (χ0v) is 18.8. The van der Waals surface area contributed by atoms with E-state index in [-0.39, 0.29) is 5.91 Å². The maximum atomic E-state index is 13.0. The maximum Gasteiger partial charge on any atom is 0.253 e. The van der Waals surface area contributed by atoms with Gasteiger partial charge in [-0.25, -0.2) is 19.5 Å². The smallest absolute Gasteiger partial charge is 0.253 e. The van der Waals surface area contributed by atoms with E-state index in [1.54, 1.807) is 4.52 Å². The van der Waals surface area contributed by atoms with Gasteiger partial charge in [0.2, 0.25) is 11.1 Å². The van der Waals surface area contributed by atoms with Crippen molar-refractivity contribution in [2.24, 2.45) is 0 Å². The highest BCUT2D eigenvalue weighted by Crippen LogP contribution is 2.19. The highest BCUT2D eigenvalue weighted by Gasteiger charge is 2.24. The summed E-state index contributed by atoms with van der Waals surface area (Å²) in [6.07, 6.45) is 2.26. The molecule has 4 rings (SSSR count). The summed E-state index contributed by atoms with van der Waals surface area (Å²) < 4.78 is 1.74. The number of nitrogens with zero attached hydrogens (tertiary/aromatic N) is 8. The van der Waals surface area contributed by atoms with Crippen molar-refractivity contribution < 1.29 is 4.79 Å². The summed E-state index contributed by atoms with van der Waals surface area (Å²) in [5, 5.41) is 5.15. The predicted molar refractivity (Wildman–Crippen MR) is 116 cm³/mol. The van der Waals surface area contributed by atoms with E-state index in [0.29, 0.717) is 30.4 Å². The molecule has 1 saturated heterocycles. The monoisotopic (exact) mass is 426 g/mol. The van der Waals surface area contributed by atoms with Crippen LogP contribution in [0.15, 0.2) is 11.2 Å². The van der Waals surface area contributed by atoms with Crippen molar-refractivity contribution in [1.29, 1.82) is 0 Å². The van der Waals surface area contributed by atoms with Gasteiger partial charge in [-0.2, -0.15) is 4.98 Å². The molecule has 0 N–H and O–H groups in total. The molecule has 0 atom stereocenters. The molecule has 0 aliphatic carbocycles. The minimum atomic E-state index is 0.113. The zero-order chi connectivity index (χ0) is 21.4. The second-order valence-corrected chi connectivity index (χ2v) is 8.30. The molecule has 1 amide bonds. The molecule has 0 unspecified atom stereocenters. The second kappa shape index (κ2) is 8.17. The molecule has 0 radical (unpaired) electrons. The van der Waals surface area contributed by atoms with Crippen LogP contribution in [0.25, 0.3) is 5.78 Å². The molecule has 3 aromatic rings. The van der Waals surface area contributed by atoms with Crippen molar-refractivity contribution in [2.45, 2.75) is 39.3 Å². The molecule has 30 heavy (non-hydrogen) atoms. The molecule has 158 valence electrons. The number of amides is 1. The molecule has 1 aliphatic rings. The topological polar surface area (TPSA) is 92.4 Å². The first-order valence-electron chi connectivity index (χ1n) is 9.97. The van der Waals surface area contributed by atoms with Crippen molar-refractivity contribution in [3.05, 3.63) is 34.5 Å². The van der Waals surface area contributed by atoms with Crippen LogP contribution in [-0.4, -0.2) is 72.8 Å². The van der Waals surface area contributed by atoms with Gasteiger partial charge in [-0.3, -0.25) is 4.79 Å². The van der Waals surface area contributed by atoms with Crippen LogP contribution < -0.4 is 4.90 Å². The Balaban J connectivity index is 1.46. The summed E-state index contributed by atoms with van der Waals surface area (Å²) in [7, 11) is 0. The predicted octanol–water partition coefficient (Wildman–Crippen LogP) is 1.76. The highest BCUT2D eigenvalue weighted by molar-refractivity contribution is 7.98. The van der Waals surface area contributed by atoms with Gasteiger partial charge in [0.15, 0.2) is 0 Å². The molecule has 1 fully saturated rings. The number of anilines is 1.